The number of nitrogens with two attached hydrogens (primary N) is 1. The Bertz CT molecular complexity index is 263. The van der Waals surface area contributed by atoms with Crippen molar-refractivity contribution in [1.82, 2.24) is 5.32 Å². The highest BCUT2D eigenvalue weighted by molar-refractivity contribution is 5.51. The number of para-hydroxylation sites is 2. The summed E-state index contributed by atoms with van der Waals surface area (Å²) in [5, 5.41) is 3.26. The van der Waals surface area contributed by atoms with Crippen LogP contribution in [0.25, 0.3) is 0 Å². The highest BCUT2D eigenvalue weighted by Crippen LogP contribution is 2.19. The van der Waals surface area contributed by atoms with Crippen LogP contribution in [0.5, 0.6) is 5.75 Å². The molecule has 0 saturated heterocycles. The van der Waals surface area contributed by atoms with Gasteiger partial charge in [0.1, 0.15) is 12.4 Å². The summed E-state index contributed by atoms with van der Waals surface area (Å²) >= 11 is 0. The first-order chi connectivity index (χ1) is 6.84. The Morgan fingerprint density at radius 3 is 2.79 bits per heavy atom. The summed E-state index contributed by atoms with van der Waals surface area (Å²) in [7, 11) is 0. The fourth-order valence-electron chi connectivity index (χ4n) is 1.15. The number of nitrogens with one attached hydrogen (secondary N) is 1. The van der Waals surface area contributed by atoms with Crippen molar-refractivity contribution < 1.29 is 4.74 Å². The monoisotopic (exact) mass is 194 g/mol. The average molecular weight is 194 g/mol. The first-order valence-electron chi connectivity index (χ1n) is 5.02. The van der Waals surface area contributed by atoms with Gasteiger partial charge in [-0.05, 0) is 25.1 Å². The molecule has 0 spiro atoms. The van der Waals surface area contributed by atoms with Gasteiger partial charge in [-0.3, -0.25) is 0 Å². The van der Waals surface area contributed by atoms with E-state index < -0.39 is 0 Å². The van der Waals surface area contributed by atoms with E-state index in [4.69, 9.17) is 10.5 Å². The van der Waals surface area contributed by atoms with Crippen LogP contribution in [0, 0.1) is 0 Å². The molecule has 0 aliphatic rings. The van der Waals surface area contributed by atoms with E-state index in [1.54, 1.807) is 0 Å². The van der Waals surface area contributed by atoms with Gasteiger partial charge in [-0.1, -0.05) is 19.1 Å². The molecule has 0 amide bonds. The fourth-order valence-corrected chi connectivity index (χ4v) is 1.15. The van der Waals surface area contributed by atoms with Crippen LogP contribution in [-0.2, 0) is 0 Å². The largest absolute Gasteiger partial charge is 0.490 e. The lowest BCUT2D eigenvalue weighted by Gasteiger charge is -2.08. The van der Waals surface area contributed by atoms with Crippen molar-refractivity contribution >= 4 is 5.69 Å². The summed E-state index contributed by atoms with van der Waals surface area (Å²) in [6, 6.07) is 7.55. The molecule has 0 fully saturated rings. The SMILES string of the molecule is CCCNCCOc1ccccc1N. The second-order valence-corrected chi connectivity index (χ2v) is 3.14. The summed E-state index contributed by atoms with van der Waals surface area (Å²) < 4.78 is 5.50. The lowest BCUT2D eigenvalue weighted by molar-refractivity contribution is 0.316. The number of anilines is 1. The maximum atomic E-state index is 5.72. The molecular weight excluding hydrogens is 176 g/mol. The second-order valence-electron chi connectivity index (χ2n) is 3.14. The van der Waals surface area contributed by atoms with E-state index in [2.05, 4.69) is 12.2 Å². The number of benzene rings is 1. The molecule has 0 aromatic heterocycles. The van der Waals surface area contributed by atoms with Gasteiger partial charge in [0.05, 0.1) is 5.69 Å². The molecule has 0 saturated carbocycles. The number of rotatable bonds is 6. The van der Waals surface area contributed by atoms with E-state index in [9.17, 15) is 0 Å². The predicted octanol–water partition coefficient (Wildman–Crippen LogP) is 1.65. The fraction of sp³-hybridized carbons (Fsp3) is 0.455. The van der Waals surface area contributed by atoms with E-state index in [0.29, 0.717) is 12.3 Å². The topological polar surface area (TPSA) is 47.3 Å². The quantitative estimate of drug-likeness (QED) is 0.534. The molecule has 0 unspecified atom stereocenters. The molecule has 3 heteroatoms. The van der Waals surface area contributed by atoms with Crippen molar-refractivity contribution in [2.45, 2.75) is 13.3 Å². The summed E-state index contributed by atoms with van der Waals surface area (Å²) in [5.41, 5.74) is 6.41. The van der Waals surface area contributed by atoms with Crippen LogP contribution in [0.1, 0.15) is 13.3 Å². The number of ether oxygens (including phenoxy) is 1. The van der Waals surface area contributed by atoms with Gasteiger partial charge in [0.15, 0.2) is 0 Å². The van der Waals surface area contributed by atoms with E-state index in [-0.39, 0.29) is 0 Å². The molecule has 1 aromatic carbocycles. The molecule has 0 bridgehead atoms. The molecule has 14 heavy (non-hydrogen) atoms. The Morgan fingerprint density at radius 2 is 2.07 bits per heavy atom. The van der Waals surface area contributed by atoms with E-state index >= 15 is 0 Å². The van der Waals surface area contributed by atoms with Crippen molar-refractivity contribution in [3.8, 4) is 5.75 Å². The molecule has 0 atom stereocenters. The molecule has 0 aliphatic heterocycles. The van der Waals surface area contributed by atoms with Gasteiger partial charge in [0.2, 0.25) is 0 Å². The van der Waals surface area contributed by atoms with Gasteiger partial charge >= 0.3 is 0 Å². The first-order valence-corrected chi connectivity index (χ1v) is 5.02. The van der Waals surface area contributed by atoms with Crippen LogP contribution in [0.4, 0.5) is 5.69 Å². The van der Waals surface area contributed by atoms with E-state index in [1.807, 2.05) is 24.3 Å². The molecule has 78 valence electrons. The zero-order valence-electron chi connectivity index (χ0n) is 8.62. The summed E-state index contributed by atoms with van der Waals surface area (Å²) in [5.74, 6) is 0.769. The molecule has 1 rings (SSSR count). The maximum Gasteiger partial charge on any atom is 0.142 e. The number of nitrogen functional groups attached to an aromatic ring is 1. The van der Waals surface area contributed by atoms with Crippen LogP contribution >= 0.6 is 0 Å². The molecule has 0 radical (unpaired) electrons. The second kappa shape index (κ2) is 6.27. The Hall–Kier alpha value is -1.22. The standard InChI is InChI=1S/C11H18N2O/c1-2-7-13-8-9-14-11-6-4-3-5-10(11)12/h3-6,13H,2,7-9,12H2,1H3. The highest BCUT2D eigenvalue weighted by atomic mass is 16.5. The number of hydrogen-bond donors (Lipinski definition) is 2. The Kier molecular flexibility index (Phi) is 4.86. The molecule has 3 N–H and O–H groups in total. The summed E-state index contributed by atoms with van der Waals surface area (Å²) in [4.78, 5) is 0. The normalized spacial score (nSPS) is 10.1. The van der Waals surface area contributed by atoms with Crippen molar-refractivity contribution in [1.29, 1.82) is 0 Å². The number of hydrogen-bond acceptors (Lipinski definition) is 3. The molecule has 3 nitrogen and oxygen atoms in total. The molecule has 1 aromatic rings. The van der Waals surface area contributed by atoms with Gasteiger partial charge in [0.25, 0.3) is 0 Å². The molecule has 0 aliphatic carbocycles. The molecular formula is C11H18N2O. The van der Waals surface area contributed by atoms with Crippen molar-refractivity contribution in [3.05, 3.63) is 24.3 Å². The minimum atomic E-state index is 0.661. The third kappa shape index (κ3) is 3.66. The Balaban J connectivity index is 2.21. The highest BCUT2D eigenvalue weighted by Gasteiger charge is 1.96. The minimum Gasteiger partial charge on any atom is -0.490 e. The predicted molar refractivity (Wildman–Crippen MR) is 59.5 cm³/mol. The van der Waals surface area contributed by atoms with Gasteiger partial charge < -0.3 is 15.8 Å². The van der Waals surface area contributed by atoms with Crippen LogP contribution in [0.3, 0.4) is 0 Å². The van der Waals surface area contributed by atoms with Crippen molar-refractivity contribution in [3.63, 3.8) is 0 Å². The zero-order valence-corrected chi connectivity index (χ0v) is 8.62. The zero-order chi connectivity index (χ0) is 10.2. The van der Waals surface area contributed by atoms with E-state index in [0.717, 1.165) is 25.3 Å². The van der Waals surface area contributed by atoms with Gasteiger partial charge in [-0.2, -0.15) is 0 Å². The lowest BCUT2D eigenvalue weighted by atomic mass is 10.3. The Labute approximate surface area is 85.3 Å². The van der Waals surface area contributed by atoms with Crippen LogP contribution in [0.2, 0.25) is 0 Å². The van der Waals surface area contributed by atoms with Gasteiger partial charge in [0, 0.05) is 6.54 Å². The van der Waals surface area contributed by atoms with Crippen LogP contribution in [-0.4, -0.2) is 19.7 Å². The van der Waals surface area contributed by atoms with Gasteiger partial charge in [-0.25, -0.2) is 0 Å². The van der Waals surface area contributed by atoms with E-state index in [1.165, 1.54) is 0 Å². The van der Waals surface area contributed by atoms with Crippen molar-refractivity contribution in [2.75, 3.05) is 25.4 Å². The minimum absolute atomic E-state index is 0.661. The van der Waals surface area contributed by atoms with Crippen LogP contribution < -0.4 is 15.8 Å². The Morgan fingerprint density at radius 1 is 1.29 bits per heavy atom. The van der Waals surface area contributed by atoms with Gasteiger partial charge in [-0.15, -0.1) is 0 Å². The van der Waals surface area contributed by atoms with Crippen molar-refractivity contribution in [2.24, 2.45) is 0 Å². The smallest absolute Gasteiger partial charge is 0.142 e. The summed E-state index contributed by atoms with van der Waals surface area (Å²) in [6.07, 6.45) is 1.15. The summed E-state index contributed by atoms with van der Waals surface area (Å²) in [6.45, 7) is 4.70. The third-order valence-corrected chi connectivity index (χ3v) is 1.88. The molecule has 0 heterocycles. The van der Waals surface area contributed by atoms with Crippen LogP contribution in [0.15, 0.2) is 24.3 Å². The average Bonchev–Trinajstić information content (AvgIpc) is 2.20. The first kappa shape index (κ1) is 10.9. The maximum absolute atomic E-state index is 5.72. The lowest BCUT2D eigenvalue weighted by Crippen LogP contribution is -2.21. The third-order valence-electron chi connectivity index (χ3n) is 1.88.